The van der Waals surface area contributed by atoms with Crippen LogP contribution in [-0.4, -0.2) is 11.5 Å². The summed E-state index contributed by atoms with van der Waals surface area (Å²) in [6, 6.07) is 6.74. The summed E-state index contributed by atoms with van der Waals surface area (Å²) < 4.78 is 1.20. The van der Waals surface area contributed by atoms with E-state index in [9.17, 15) is 0 Å². The van der Waals surface area contributed by atoms with E-state index in [2.05, 4.69) is 70.6 Å². The van der Waals surface area contributed by atoms with Crippen molar-refractivity contribution in [3.63, 3.8) is 0 Å². The number of thiazole rings is 1. The second-order valence-corrected chi connectivity index (χ2v) is 6.51. The van der Waals surface area contributed by atoms with E-state index in [0.717, 1.165) is 18.0 Å². The van der Waals surface area contributed by atoms with Crippen LogP contribution in [0.15, 0.2) is 28.1 Å². The molecule has 0 aliphatic carbocycles. The van der Waals surface area contributed by atoms with Crippen molar-refractivity contribution in [3.05, 3.63) is 49.9 Å². The smallest absolute Gasteiger partial charge is 0.0897 e. The Morgan fingerprint density at radius 1 is 1.37 bits per heavy atom. The van der Waals surface area contributed by atoms with Gasteiger partial charge in [0.1, 0.15) is 0 Å². The minimum absolute atomic E-state index is 0.306. The highest BCUT2D eigenvalue weighted by atomic mass is 79.9. The Bertz CT molecular complexity index is 551. The predicted octanol–water partition coefficient (Wildman–Crippen LogP) is 4.42. The van der Waals surface area contributed by atoms with Crippen molar-refractivity contribution in [2.75, 3.05) is 6.54 Å². The minimum atomic E-state index is 0.306. The first kappa shape index (κ1) is 14.7. The number of aryl methyl sites for hydroxylation is 2. The van der Waals surface area contributed by atoms with Crippen molar-refractivity contribution < 1.29 is 0 Å². The van der Waals surface area contributed by atoms with Gasteiger partial charge in [-0.2, -0.15) is 0 Å². The zero-order valence-electron chi connectivity index (χ0n) is 11.5. The lowest BCUT2D eigenvalue weighted by Gasteiger charge is -2.19. The standard InChI is InChI=1S/C15H19BrN2S/c1-4-17-14(8-12-9-19-11(3)18-12)13-7-5-6-10(2)15(13)16/h5-7,9,14,17H,4,8H2,1-3H3. The molecule has 0 aliphatic heterocycles. The van der Waals surface area contributed by atoms with Gasteiger partial charge in [-0.15, -0.1) is 11.3 Å². The van der Waals surface area contributed by atoms with Crippen LogP contribution in [0.1, 0.15) is 34.8 Å². The highest BCUT2D eigenvalue weighted by Crippen LogP contribution is 2.29. The molecule has 1 aromatic heterocycles. The highest BCUT2D eigenvalue weighted by molar-refractivity contribution is 9.10. The third kappa shape index (κ3) is 3.65. The van der Waals surface area contributed by atoms with Gasteiger partial charge in [-0.05, 0) is 31.5 Å². The van der Waals surface area contributed by atoms with Gasteiger partial charge in [0.15, 0.2) is 0 Å². The van der Waals surface area contributed by atoms with E-state index < -0.39 is 0 Å². The molecule has 0 radical (unpaired) electrons. The number of benzene rings is 1. The maximum Gasteiger partial charge on any atom is 0.0897 e. The van der Waals surface area contributed by atoms with E-state index in [0.29, 0.717) is 6.04 Å². The SMILES string of the molecule is CCNC(Cc1csc(C)n1)c1cccc(C)c1Br. The molecule has 1 atom stereocenters. The van der Waals surface area contributed by atoms with Gasteiger partial charge in [-0.3, -0.25) is 0 Å². The molecule has 2 rings (SSSR count). The summed E-state index contributed by atoms with van der Waals surface area (Å²) in [7, 11) is 0. The van der Waals surface area contributed by atoms with Crippen LogP contribution in [0.3, 0.4) is 0 Å². The van der Waals surface area contributed by atoms with Crippen molar-refractivity contribution >= 4 is 27.3 Å². The average molecular weight is 339 g/mol. The Labute approximate surface area is 127 Å². The molecule has 0 aliphatic rings. The van der Waals surface area contributed by atoms with Gasteiger partial charge >= 0.3 is 0 Å². The average Bonchev–Trinajstić information content (AvgIpc) is 2.78. The zero-order chi connectivity index (χ0) is 13.8. The number of aromatic nitrogens is 1. The van der Waals surface area contributed by atoms with Crippen molar-refractivity contribution in [3.8, 4) is 0 Å². The maximum absolute atomic E-state index is 4.57. The molecule has 1 aromatic carbocycles. The summed E-state index contributed by atoms with van der Waals surface area (Å²) in [5.41, 5.74) is 3.75. The molecule has 0 saturated carbocycles. The van der Waals surface area contributed by atoms with E-state index in [-0.39, 0.29) is 0 Å². The first-order valence-electron chi connectivity index (χ1n) is 6.51. The molecule has 1 unspecified atom stereocenters. The lowest BCUT2D eigenvalue weighted by molar-refractivity contribution is 0.542. The molecule has 2 aromatic rings. The van der Waals surface area contributed by atoms with E-state index in [1.165, 1.54) is 21.3 Å². The molecular weight excluding hydrogens is 320 g/mol. The van der Waals surface area contributed by atoms with Gasteiger partial charge in [0, 0.05) is 22.3 Å². The minimum Gasteiger partial charge on any atom is -0.310 e. The molecule has 2 nitrogen and oxygen atoms in total. The van der Waals surface area contributed by atoms with Crippen LogP contribution in [0.5, 0.6) is 0 Å². The van der Waals surface area contributed by atoms with Crippen LogP contribution < -0.4 is 5.32 Å². The van der Waals surface area contributed by atoms with E-state index in [1.54, 1.807) is 11.3 Å². The lowest BCUT2D eigenvalue weighted by Crippen LogP contribution is -2.23. The van der Waals surface area contributed by atoms with Crippen LogP contribution in [0.2, 0.25) is 0 Å². The Morgan fingerprint density at radius 2 is 2.16 bits per heavy atom. The predicted molar refractivity (Wildman–Crippen MR) is 85.9 cm³/mol. The Balaban J connectivity index is 2.26. The monoisotopic (exact) mass is 338 g/mol. The third-order valence-electron chi connectivity index (χ3n) is 3.13. The molecule has 0 saturated heterocycles. The number of hydrogen-bond acceptors (Lipinski definition) is 3. The largest absolute Gasteiger partial charge is 0.310 e. The van der Waals surface area contributed by atoms with Crippen LogP contribution in [0, 0.1) is 13.8 Å². The summed E-state index contributed by atoms with van der Waals surface area (Å²) in [6.45, 7) is 7.28. The second-order valence-electron chi connectivity index (χ2n) is 4.65. The number of nitrogens with one attached hydrogen (secondary N) is 1. The lowest BCUT2D eigenvalue weighted by atomic mass is 10.0. The van der Waals surface area contributed by atoms with Gasteiger partial charge in [0.05, 0.1) is 10.7 Å². The molecule has 102 valence electrons. The molecule has 0 fully saturated rings. The summed E-state index contributed by atoms with van der Waals surface area (Å²) in [5, 5.41) is 6.85. The van der Waals surface area contributed by atoms with Crippen LogP contribution in [0.4, 0.5) is 0 Å². The molecule has 1 heterocycles. The third-order valence-corrected chi connectivity index (χ3v) is 5.03. The number of hydrogen-bond donors (Lipinski definition) is 1. The molecule has 1 N–H and O–H groups in total. The zero-order valence-corrected chi connectivity index (χ0v) is 13.9. The topological polar surface area (TPSA) is 24.9 Å². The van der Waals surface area contributed by atoms with Gasteiger partial charge in [-0.1, -0.05) is 41.1 Å². The molecule has 0 spiro atoms. The van der Waals surface area contributed by atoms with Crippen LogP contribution >= 0.6 is 27.3 Å². The highest BCUT2D eigenvalue weighted by Gasteiger charge is 2.16. The van der Waals surface area contributed by atoms with Gasteiger partial charge in [-0.25, -0.2) is 4.98 Å². The molecule has 19 heavy (non-hydrogen) atoms. The number of likely N-dealkylation sites (N-methyl/N-ethyl adjacent to an activating group) is 1. The number of nitrogens with zero attached hydrogens (tertiary/aromatic N) is 1. The first-order chi connectivity index (χ1) is 9.11. The Kier molecular flexibility index (Phi) is 5.13. The van der Waals surface area contributed by atoms with Gasteiger partial charge < -0.3 is 5.32 Å². The number of halogens is 1. The van der Waals surface area contributed by atoms with E-state index in [4.69, 9.17) is 0 Å². The fraction of sp³-hybridized carbons (Fsp3) is 0.400. The van der Waals surface area contributed by atoms with Crippen LogP contribution in [-0.2, 0) is 6.42 Å². The normalized spacial score (nSPS) is 12.6. The maximum atomic E-state index is 4.57. The first-order valence-corrected chi connectivity index (χ1v) is 8.18. The fourth-order valence-corrected chi connectivity index (χ4v) is 3.35. The Morgan fingerprint density at radius 3 is 2.79 bits per heavy atom. The Hall–Kier alpha value is -0.710. The fourth-order valence-electron chi connectivity index (χ4n) is 2.19. The molecule has 0 amide bonds. The summed E-state index contributed by atoms with van der Waals surface area (Å²) >= 11 is 5.43. The number of rotatable bonds is 5. The van der Waals surface area contributed by atoms with E-state index in [1.807, 2.05) is 0 Å². The summed E-state index contributed by atoms with van der Waals surface area (Å²) in [5.74, 6) is 0. The molecule has 0 bridgehead atoms. The summed E-state index contributed by atoms with van der Waals surface area (Å²) in [6.07, 6.45) is 0.931. The summed E-state index contributed by atoms with van der Waals surface area (Å²) in [4.78, 5) is 4.57. The quantitative estimate of drug-likeness (QED) is 0.872. The second kappa shape index (κ2) is 6.64. The van der Waals surface area contributed by atoms with E-state index >= 15 is 0 Å². The van der Waals surface area contributed by atoms with Gasteiger partial charge in [0.25, 0.3) is 0 Å². The van der Waals surface area contributed by atoms with Crippen molar-refractivity contribution in [1.82, 2.24) is 10.3 Å². The van der Waals surface area contributed by atoms with Gasteiger partial charge in [0.2, 0.25) is 0 Å². The molecular formula is C15H19BrN2S. The molecule has 4 heteroatoms. The van der Waals surface area contributed by atoms with Crippen molar-refractivity contribution in [1.29, 1.82) is 0 Å². The van der Waals surface area contributed by atoms with Crippen molar-refractivity contribution in [2.24, 2.45) is 0 Å². The van der Waals surface area contributed by atoms with Crippen LogP contribution in [0.25, 0.3) is 0 Å². The van der Waals surface area contributed by atoms with Crippen molar-refractivity contribution in [2.45, 2.75) is 33.2 Å².